The Morgan fingerprint density at radius 2 is 2.50 bits per heavy atom. The molecule has 0 N–H and O–H groups in total. The molecule has 66 valence electrons. The lowest BCUT2D eigenvalue weighted by atomic mass is 10.1. The summed E-state index contributed by atoms with van der Waals surface area (Å²) in [6.45, 7) is 1.97. The van der Waals surface area contributed by atoms with E-state index in [0.29, 0.717) is 0 Å². The minimum atomic E-state index is 0.227. The molecule has 0 aliphatic carbocycles. The van der Waals surface area contributed by atoms with Gasteiger partial charge in [-0.1, -0.05) is 13.0 Å². The van der Waals surface area contributed by atoms with Gasteiger partial charge in [-0.05, 0) is 30.7 Å². The van der Waals surface area contributed by atoms with Gasteiger partial charge in [-0.3, -0.25) is 0 Å². The van der Waals surface area contributed by atoms with E-state index < -0.39 is 0 Å². The van der Waals surface area contributed by atoms with Crippen LogP contribution in [0.15, 0.2) is 17.5 Å². The second-order valence-corrected chi connectivity index (χ2v) is 4.12. The van der Waals surface area contributed by atoms with Gasteiger partial charge in [0, 0.05) is 10.8 Å². The number of hydrogen-bond donors (Lipinski definition) is 0. The quantitative estimate of drug-likeness (QED) is 0.640. The molecule has 1 unspecified atom stereocenters. The summed E-state index contributed by atoms with van der Waals surface area (Å²) in [5.41, 5.74) is 0. The lowest BCUT2D eigenvalue weighted by Crippen LogP contribution is -1.95. The molecule has 1 atom stereocenters. The molecule has 0 spiro atoms. The summed E-state index contributed by atoms with van der Waals surface area (Å²) in [6, 6.07) is 4.22. The molecule has 1 heterocycles. The lowest BCUT2D eigenvalue weighted by Gasteiger charge is -2.00. The maximum Gasteiger partial charge on any atom is 0.122 e. The highest BCUT2D eigenvalue weighted by molar-refractivity contribution is 7.09. The average molecular weight is 182 g/mol. The van der Waals surface area contributed by atoms with Gasteiger partial charge in [0.15, 0.2) is 0 Å². The Hall–Kier alpha value is -0.630. The van der Waals surface area contributed by atoms with Crippen molar-refractivity contribution in [3.05, 3.63) is 22.4 Å². The molecule has 1 aromatic heterocycles. The maximum absolute atomic E-state index is 10.3. The molecule has 0 amide bonds. The second kappa shape index (κ2) is 5.09. The number of rotatable bonds is 5. The van der Waals surface area contributed by atoms with Crippen LogP contribution < -0.4 is 0 Å². The Kier molecular flexibility index (Phi) is 4.01. The summed E-state index contributed by atoms with van der Waals surface area (Å²) in [5, 5.41) is 2.10. The van der Waals surface area contributed by atoms with E-state index in [1.807, 2.05) is 6.92 Å². The largest absolute Gasteiger partial charge is 0.303 e. The van der Waals surface area contributed by atoms with Crippen molar-refractivity contribution in [2.45, 2.75) is 26.2 Å². The van der Waals surface area contributed by atoms with Gasteiger partial charge in [0.05, 0.1) is 0 Å². The first kappa shape index (κ1) is 9.46. The van der Waals surface area contributed by atoms with Crippen molar-refractivity contribution in [1.29, 1.82) is 0 Å². The summed E-state index contributed by atoms with van der Waals surface area (Å²) in [4.78, 5) is 11.7. The van der Waals surface area contributed by atoms with E-state index in [1.54, 1.807) is 11.3 Å². The highest BCUT2D eigenvalue weighted by Gasteiger charge is 1.99. The van der Waals surface area contributed by atoms with E-state index in [9.17, 15) is 4.79 Å². The molecule has 1 aromatic rings. The molecule has 1 nitrogen and oxygen atoms in total. The van der Waals surface area contributed by atoms with Crippen molar-refractivity contribution in [2.75, 3.05) is 0 Å². The molecule has 2 heteroatoms. The predicted octanol–water partition coefficient (Wildman–Crippen LogP) is 2.91. The van der Waals surface area contributed by atoms with Gasteiger partial charge in [-0.2, -0.15) is 0 Å². The number of carbonyl (C=O) groups is 1. The van der Waals surface area contributed by atoms with Crippen molar-refractivity contribution < 1.29 is 4.79 Å². The lowest BCUT2D eigenvalue weighted by molar-refractivity contribution is -0.110. The van der Waals surface area contributed by atoms with Gasteiger partial charge < -0.3 is 4.79 Å². The molecular formula is C10H14OS. The normalized spacial score (nSPS) is 12.8. The molecule has 0 aliphatic rings. The van der Waals surface area contributed by atoms with Crippen LogP contribution in [0.25, 0.3) is 0 Å². The summed E-state index contributed by atoms with van der Waals surface area (Å²) < 4.78 is 0. The number of carbonyl (C=O) groups excluding carboxylic acids is 1. The fraction of sp³-hybridized carbons (Fsp3) is 0.500. The van der Waals surface area contributed by atoms with Crippen molar-refractivity contribution in [2.24, 2.45) is 5.92 Å². The zero-order chi connectivity index (χ0) is 8.81. The number of aldehydes is 1. The minimum absolute atomic E-state index is 0.227. The first-order valence-electron chi connectivity index (χ1n) is 4.30. The molecule has 12 heavy (non-hydrogen) atoms. The topological polar surface area (TPSA) is 17.1 Å². The van der Waals surface area contributed by atoms with Gasteiger partial charge in [-0.15, -0.1) is 11.3 Å². The molecule has 0 bridgehead atoms. The second-order valence-electron chi connectivity index (χ2n) is 3.08. The molecule has 0 saturated carbocycles. The smallest absolute Gasteiger partial charge is 0.122 e. The Bertz CT molecular complexity index is 216. The number of thiophene rings is 1. The van der Waals surface area contributed by atoms with Gasteiger partial charge in [0.25, 0.3) is 0 Å². The molecule has 0 aliphatic heterocycles. The van der Waals surface area contributed by atoms with Crippen LogP contribution in [0.5, 0.6) is 0 Å². The molecular weight excluding hydrogens is 168 g/mol. The average Bonchev–Trinajstić information content (AvgIpc) is 2.57. The molecule has 0 aromatic carbocycles. The molecule has 0 radical (unpaired) electrons. The maximum atomic E-state index is 10.3. The Morgan fingerprint density at radius 3 is 3.08 bits per heavy atom. The van der Waals surface area contributed by atoms with Gasteiger partial charge in [0.1, 0.15) is 6.29 Å². The summed E-state index contributed by atoms with van der Waals surface area (Å²) in [6.07, 6.45) is 4.30. The SMILES string of the molecule is CC(C=O)CCCc1cccs1. The molecule has 1 rings (SSSR count). The third-order valence-corrected chi connectivity index (χ3v) is 2.83. The van der Waals surface area contributed by atoms with Gasteiger partial charge in [0.2, 0.25) is 0 Å². The summed E-state index contributed by atoms with van der Waals surface area (Å²) in [7, 11) is 0. The van der Waals surface area contributed by atoms with Crippen LogP contribution in [-0.4, -0.2) is 6.29 Å². The predicted molar refractivity (Wildman–Crippen MR) is 52.5 cm³/mol. The van der Waals surface area contributed by atoms with Crippen LogP contribution in [0.4, 0.5) is 0 Å². The minimum Gasteiger partial charge on any atom is -0.303 e. The zero-order valence-corrected chi connectivity index (χ0v) is 8.14. The summed E-state index contributed by atoms with van der Waals surface area (Å²) in [5.74, 6) is 0.227. The van der Waals surface area contributed by atoms with Crippen LogP contribution in [0.3, 0.4) is 0 Å². The highest BCUT2D eigenvalue weighted by Crippen LogP contribution is 2.13. The molecule has 0 fully saturated rings. The van der Waals surface area contributed by atoms with Gasteiger partial charge >= 0.3 is 0 Å². The Labute approximate surface area is 77.4 Å². The third kappa shape index (κ3) is 3.18. The van der Waals surface area contributed by atoms with E-state index >= 15 is 0 Å². The van der Waals surface area contributed by atoms with E-state index in [1.165, 1.54) is 4.88 Å². The van der Waals surface area contributed by atoms with E-state index in [2.05, 4.69) is 17.5 Å². The van der Waals surface area contributed by atoms with Crippen LogP contribution in [0.2, 0.25) is 0 Å². The van der Waals surface area contributed by atoms with E-state index in [0.717, 1.165) is 25.5 Å². The fourth-order valence-corrected chi connectivity index (χ4v) is 1.87. The van der Waals surface area contributed by atoms with Crippen LogP contribution in [-0.2, 0) is 11.2 Å². The van der Waals surface area contributed by atoms with Gasteiger partial charge in [-0.25, -0.2) is 0 Å². The number of aryl methyl sites for hydroxylation is 1. The zero-order valence-electron chi connectivity index (χ0n) is 7.32. The standard InChI is InChI=1S/C10H14OS/c1-9(8-11)4-2-5-10-6-3-7-12-10/h3,6-9H,2,4-5H2,1H3. The van der Waals surface area contributed by atoms with Crippen molar-refractivity contribution in [3.8, 4) is 0 Å². The highest BCUT2D eigenvalue weighted by atomic mass is 32.1. The van der Waals surface area contributed by atoms with Crippen LogP contribution in [0.1, 0.15) is 24.6 Å². The molecule has 0 saturated heterocycles. The van der Waals surface area contributed by atoms with Crippen molar-refractivity contribution in [1.82, 2.24) is 0 Å². The van der Waals surface area contributed by atoms with E-state index in [4.69, 9.17) is 0 Å². The van der Waals surface area contributed by atoms with E-state index in [-0.39, 0.29) is 5.92 Å². The van der Waals surface area contributed by atoms with Crippen LogP contribution in [0, 0.1) is 5.92 Å². The summed E-state index contributed by atoms with van der Waals surface area (Å²) >= 11 is 1.79. The van der Waals surface area contributed by atoms with Crippen molar-refractivity contribution >= 4 is 17.6 Å². The van der Waals surface area contributed by atoms with Crippen molar-refractivity contribution in [3.63, 3.8) is 0 Å². The Balaban J connectivity index is 2.15. The monoisotopic (exact) mass is 182 g/mol. The third-order valence-electron chi connectivity index (χ3n) is 1.90. The Morgan fingerprint density at radius 1 is 1.67 bits per heavy atom. The first-order valence-corrected chi connectivity index (χ1v) is 5.18. The number of hydrogen-bond acceptors (Lipinski definition) is 2. The first-order chi connectivity index (χ1) is 5.83. The van der Waals surface area contributed by atoms with Crippen LogP contribution >= 0.6 is 11.3 Å². The fourth-order valence-electron chi connectivity index (χ4n) is 1.12.